The lowest BCUT2D eigenvalue weighted by Gasteiger charge is -2.10. The fourth-order valence-electron chi connectivity index (χ4n) is 1.18. The molecule has 86 valence electrons. The molecule has 0 saturated heterocycles. The minimum Gasteiger partial charge on any atom is -0.368 e. The lowest BCUT2D eigenvalue weighted by atomic mass is 10.1. The molecule has 1 atom stereocenters. The Kier molecular flexibility index (Phi) is 4.31. The van der Waals surface area contributed by atoms with E-state index in [2.05, 4.69) is 5.32 Å². The van der Waals surface area contributed by atoms with Gasteiger partial charge in [0.2, 0.25) is 11.8 Å². The first-order valence-corrected chi connectivity index (χ1v) is 5.20. The third kappa shape index (κ3) is 3.55. The summed E-state index contributed by atoms with van der Waals surface area (Å²) in [6.45, 7) is 1.53. The second-order valence-corrected chi connectivity index (χ2v) is 3.87. The van der Waals surface area contributed by atoms with Gasteiger partial charge in [-0.1, -0.05) is 29.8 Å². The van der Waals surface area contributed by atoms with Gasteiger partial charge in [0.15, 0.2) is 0 Å². The summed E-state index contributed by atoms with van der Waals surface area (Å²) in [5, 5.41) is 3.01. The van der Waals surface area contributed by atoms with Gasteiger partial charge in [-0.15, -0.1) is 0 Å². The number of benzene rings is 1. The van der Waals surface area contributed by atoms with Crippen molar-refractivity contribution >= 4 is 23.4 Å². The molecule has 0 aliphatic rings. The van der Waals surface area contributed by atoms with Crippen LogP contribution in [0.3, 0.4) is 0 Å². The zero-order valence-corrected chi connectivity index (χ0v) is 9.62. The molecule has 0 heterocycles. The molecule has 1 rings (SSSR count). The summed E-state index contributed by atoms with van der Waals surface area (Å²) >= 11 is 5.90. The molecule has 0 spiro atoms. The van der Waals surface area contributed by atoms with Crippen LogP contribution >= 0.6 is 11.6 Å². The summed E-state index contributed by atoms with van der Waals surface area (Å²) in [5.41, 5.74) is 5.75. The van der Waals surface area contributed by atoms with Crippen molar-refractivity contribution < 1.29 is 9.59 Å². The maximum atomic E-state index is 11.5. The zero-order valence-electron chi connectivity index (χ0n) is 8.87. The lowest BCUT2D eigenvalue weighted by Crippen LogP contribution is -2.42. The largest absolute Gasteiger partial charge is 0.368 e. The van der Waals surface area contributed by atoms with Gasteiger partial charge < -0.3 is 11.1 Å². The number of nitrogens with one attached hydrogen (secondary N) is 1. The van der Waals surface area contributed by atoms with Crippen LogP contribution in [-0.2, 0) is 16.0 Å². The monoisotopic (exact) mass is 240 g/mol. The average molecular weight is 241 g/mol. The van der Waals surface area contributed by atoms with Crippen LogP contribution in [0.4, 0.5) is 0 Å². The fourth-order valence-corrected chi connectivity index (χ4v) is 1.38. The molecule has 1 aromatic carbocycles. The zero-order chi connectivity index (χ0) is 12.1. The molecule has 0 aliphatic heterocycles. The lowest BCUT2D eigenvalue weighted by molar-refractivity contribution is -0.126. The summed E-state index contributed by atoms with van der Waals surface area (Å²) in [5.74, 6) is -0.841. The van der Waals surface area contributed by atoms with Gasteiger partial charge in [0.1, 0.15) is 6.04 Å². The van der Waals surface area contributed by atoms with Crippen molar-refractivity contribution in [2.75, 3.05) is 0 Å². The molecule has 0 bridgehead atoms. The normalized spacial score (nSPS) is 11.9. The van der Waals surface area contributed by atoms with Crippen molar-refractivity contribution in [3.63, 3.8) is 0 Å². The Bertz CT molecular complexity index is 407. The highest BCUT2D eigenvalue weighted by molar-refractivity contribution is 6.31. The first-order chi connectivity index (χ1) is 7.50. The van der Waals surface area contributed by atoms with Crippen LogP contribution in [0.1, 0.15) is 12.5 Å². The van der Waals surface area contributed by atoms with Crippen LogP contribution in [-0.4, -0.2) is 17.9 Å². The van der Waals surface area contributed by atoms with E-state index in [0.29, 0.717) is 5.02 Å². The number of amides is 2. The number of primary amides is 1. The van der Waals surface area contributed by atoms with Gasteiger partial charge >= 0.3 is 0 Å². The van der Waals surface area contributed by atoms with E-state index in [4.69, 9.17) is 17.3 Å². The molecule has 0 aliphatic carbocycles. The summed E-state index contributed by atoms with van der Waals surface area (Å²) in [6.07, 6.45) is 0.136. The molecular weight excluding hydrogens is 228 g/mol. The molecule has 0 aromatic heterocycles. The predicted octanol–water partition coefficient (Wildman–Crippen LogP) is 0.873. The number of carbonyl (C=O) groups is 2. The molecule has 0 fully saturated rings. The third-order valence-corrected chi connectivity index (χ3v) is 2.48. The first kappa shape index (κ1) is 12.5. The SMILES string of the molecule is CC(NC(=O)Cc1ccccc1Cl)C(N)=O. The molecule has 5 heteroatoms. The topological polar surface area (TPSA) is 72.2 Å². The molecule has 1 aromatic rings. The molecule has 3 N–H and O–H groups in total. The Morgan fingerprint density at radius 1 is 1.44 bits per heavy atom. The standard InChI is InChI=1S/C11H13ClN2O2/c1-7(11(13)16)14-10(15)6-8-4-2-3-5-9(8)12/h2-5,7H,6H2,1H3,(H2,13,16)(H,14,15). The minimum absolute atomic E-state index is 0.136. The van der Waals surface area contributed by atoms with Crippen molar-refractivity contribution in [3.8, 4) is 0 Å². The van der Waals surface area contributed by atoms with E-state index in [0.717, 1.165) is 5.56 Å². The first-order valence-electron chi connectivity index (χ1n) is 4.83. The van der Waals surface area contributed by atoms with Gasteiger partial charge in [0.05, 0.1) is 6.42 Å². The Morgan fingerprint density at radius 3 is 2.62 bits per heavy atom. The van der Waals surface area contributed by atoms with Crippen LogP contribution < -0.4 is 11.1 Å². The van der Waals surface area contributed by atoms with Gasteiger partial charge in [-0.25, -0.2) is 0 Å². The van der Waals surface area contributed by atoms with E-state index in [1.807, 2.05) is 0 Å². The van der Waals surface area contributed by atoms with E-state index in [9.17, 15) is 9.59 Å². The highest BCUT2D eigenvalue weighted by Crippen LogP contribution is 2.15. The van der Waals surface area contributed by atoms with Crippen molar-refractivity contribution in [1.29, 1.82) is 0 Å². The van der Waals surface area contributed by atoms with Crippen LogP contribution in [0.25, 0.3) is 0 Å². The van der Waals surface area contributed by atoms with E-state index in [1.165, 1.54) is 6.92 Å². The Morgan fingerprint density at radius 2 is 2.06 bits per heavy atom. The van der Waals surface area contributed by atoms with Crippen molar-refractivity contribution in [2.24, 2.45) is 5.73 Å². The third-order valence-electron chi connectivity index (χ3n) is 2.11. The number of hydrogen-bond acceptors (Lipinski definition) is 2. The second kappa shape index (κ2) is 5.51. The molecular formula is C11H13ClN2O2. The molecule has 0 radical (unpaired) electrons. The van der Waals surface area contributed by atoms with Crippen molar-refractivity contribution in [3.05, 3.63) is 34.9 Å². The van der Waals surface area contributed by atoms with Crippen molar-refractivity contribution in [2.45, 2.75) is 19.4 Å². The van der Waals surface area contributed by atoms with Gasteiger partial charge in [0.25, 0.3) is 0 Å². The quantitative estimate of drug-likeness (QED) is 0.820. The van der Waals surface area contributed by atoms with E-state index in [-0.39, 0.29) is 12.3 Å². The number of hydrogen-bond donors (Lipinski definition) is 2. The van der Waals surface area contributed by atoms with Gasteiger partial charge in [0, 0.05) is 5.02 Å². The van der Waals surface area contributed by atoms with Crippen LogP contribution in [0.15, 0.2) is 24.3 Å². The maximum absolute atomic E-state index is 11.5. The highest BCUT2D eigenvalue weighted by atomic mass is 35.5. The number of halogens is 1. The second-order valence-electron chi connectivity index (χ2n) is 3.46. The molecule has 16 heavy (non-hydrogen) atoms. The molecule has 2 amide bonds. The molecule has 4 nitrogen and oxygen atoms in total. The van der Waals surface area contributed by atoms with Crippen LogP contribution in [0.5, 0.6) is 0 Å². The smallest absolute Gasteiger partial charge is 0.239 e. The summed E-state index contributed by atoms with van der Waals surface area (Å²) in [6, 6.07) is 6.38. The average Bonchev–Trinajstić information content (AvgIpc) is 2.21. The fraction of sp³-hybridized carbons (Fsp3) is 0.273. The molecule has 1 unspecified atom stereocenters. The maximum Gasteiger partial charge on any atom is 0.239 e. The summed E-state index contributed by atoms with van der Waals surface area (Å²) in [4.78, 5) is 22.2. The molecule has 0 saturated carbocycles. The predicted molar refractivity (Wildman–Crippen MR) is 62.0 cm³/mol. The minimum atomic E-state index is -0.671. The summed E-state index contributed by atoms with van der Waals surface area (Å²) in [7, 11) is 0. The van der Waals surface area contributed by atoms with Crippen molar-refractivity contribution in [1.82, 2.24) is 5.32 Å². The van der Waals surface area contributed by atoms with E-state index in [1.54, 1.807) is 24.3 Å². The highest BCUT2D eigenvalue weighted by Gasteiger charge is 2.13. The Hall–Kier alpha value is -1.55. The Balaban J connectivity index is 2.59. The number of nitrogens with two attached hydrogens (primary N) is 1. The van der Waals surface area contributed by atoms with E-state index >= 15 is 0 Å². The Labute approximate surface area is 98.8 Å². The number of rotatable bonds is 4. The summed E-state index contributed by atoms with van der Waals surface area (Å²) < 4.78 is 0. The van der Waals surface area contributed by atoms with Gasteiger partial charge in [-0.3, -0.25) is 9.59 Å². The van der Waals surface area contributed by atoms with Gasteiger partial charge in [-0.2, -0.15) is 0 Å². The van der Waals surface area contributed by atoms with Gasteiger partial charge in [-0.05, 0) is 18.6 Å². The van der Waals surface area contributed by atoms with Crippen LogP contribution in [0, 0.1) is 0 Å². The number of carbonyl (C=O) groups excluding carboxylic acids is 2. The van der Waals surface area contributed by atoms with Crippen LogP contribution in [0.2, 0.25) is 5.02 Å². The van der Waals surface area contributed by atoms with E-state index < -0.39 is 11.9 Å².